The van der Waals surface area contributed by atoms with Gasteiger partial charge in [0.15, 0.2) is 0 Å². The van der Waals surface area contributed by atoms with Crippen molar-refractivity contribution in [1.82, 2.24) is 10.1 Å². The summed E-state index contributed by atoms with van der Waals surface area (Å²) in [5, 5.41) is 3.83. The van der Waals surface area contributed by atoms with Crippen molar-refractivity contribution in [2.45, 2.75) is 26.7 Å². The van der Waals surface area contributed by atoms with Crippen molar-refractivity contribution in [3.05, 3.63) is 34.4 Å². The summed E-state index contributed by atoms with van der Waals surface area (Å²) in [6.07, 6.45) is 0. The molecule has 1 heterocycles. The van der Waals surface area contributed by atoms with Crippen molar-refractivity contribution in [2.24, 2.45) is 5.92 Å². The second-order valence-electron chi connectivity index (χ2n) is 4.95. The van der Waals surface area contributed by atoms with Crippen LogP contribution in [0.3, 0.4) is 0 Å². The fourth-order valence-corrected chi connectivity index (χ4v) is 2.56. The Morgan fingerprint density at radius 3 is 2.60 bits per heavy atom. The third-order valence-corrected chi connectivity index (χ3v) is 3.39. The molecule has 0 aliphatic heterocycles. The molecule has 1 unspecified atom stereocenters. The number of hydrogen-bond acceptors (Lipinski definition) is 4. The molecule has 1 aromatic carbocycles. The van der Waals surface area contributed by atoms with Gasteiger partial charge >= 0.3 is 0 Å². The Balaban J connectivity index is 2.39. The number of hydrogen-bond donors (Lipinski definition) is 0. The second kappa shape index (κ2) is 5.83. The minimum absolute atomic E-state index is 0.0318. The molecule has 0 aliphatic carbocycles. The summed E-state index contributed by atoms with van der Waals surface area (Å²) >= 11 is 3.21. The molecule has 1 atom stereocenters. The summed E-state index contributed by atoms with van der Waals surface area (Å²) in [6, 6.07) is 4.35. The number of nitrogens with zero attached hydrogens (tertiary/aromatic N) is 2. The van der Waals surface area contributed by atoms with E-state index in [-0.39, 0.29) is 23.4 Å². The summed E-state index contributed by atoms with van der Waals surface area (Å²) in [6.45, 7) is 5.32. The van der Waals surface area contributed by atoms with Crippen LogP contribution in [0, 0.1) is 11.7 Å². The van der Waals surface area contributed by atoms with Crippen molar-refractivity contribution in [3.63, 3.8) is 0 Å². The first kappa shape index (κ1) is 14.8. The molecular formula is C14H14BrFN2O2. The molecule has 0 radical (unpaired) electrons. The largest absolute Gasteiger partial charge is 0.338 e. The predicted molar refractivity (Wildman–Crippen MR) is 75.7 cm³/mol. The van der Waals surface area contributed by atoms with Crippen LogP contribution >= 0.6 is 15.9 Å². The highest BCUT2D eigenvalue weighted by atomic mass is 79.9. The molecule has 0 spiro atoms. The molecule has 6 heteroatoms. The highest BCUT2D eigenvalue weighted by Crippen LogP contribution is 2.27. The van der Waals surface area contributed by atoms with Crippen LogP contribution in [0.5, 0.6) is 0 Å². The molecular weight excluding hydrogens is 327 g/mol. The van der Waals surface area contributed by atoms with Crippen LogP contribution in [-0.4, -0.2) is 15.9 Å². The average Bonchev–Trinajstić information content (AvgIpc) is 2.75. The average molecular weight is 341 g/mol. The van der Waals surface area contributed by atoms with E-state index in [1.54, 1.807) is 6.07 Å². The van der Waals surface area contributed by atoms with Gasteiger partial charge in [-0.2, -0.15) is 4.98 Å². The van der Waals surface area contributed by atoms with Gasteiger partial charge in [0.25, 0.3) is 0 Å². The Bertz CT molecular complexity index is 620. The van der Waals surface area contributed by atoms with Crippen molar-refractivity contribution < 1.29 is 13.7 Å². The zero-order chi connectivity index (χ0) is 14.9. The first-order valence-corrected chi connectivity index (χ1v) is 6.98. The molecule has 2 aromatic rings. The molecule has 106 valence electrons. The van der Waals surface area contributed by atoms with Crippen molar-refractivity contribution >= 4 is 21.7 Å². The smallest absolute Gasteiger partial charge is 0.237 e. The molecule has 4 nitrogen and oxygen atoms in total. The number of Topliss-reactive ketones (excluding diaryl/α,β-unsaturated/α-hetero) is 1. The highest BCUT2D eigenvalue weighted by Gasteiger charge is 2.27. The standard InChI is InChI=1S/C14H14BrFN2O2/c1-7(2)12(8(3)19)14-17-13(18-20-14)9-4-10(15)6-11(16)5-9/h4-7,12H,1-3H3. The Labute approximate surface area is 124 Å². The quantitative estimate of drug-likeness (QED) is 0.844. The SMILES string of the molecule is CC(=O)C(c1nc(-c2cc(F)cc(Br)c2)no1)C(C)C. The maximum Gasteiger partial charge on any atom is 0.237 e. The lowest BCUT2D eigenvalue weighted by atomic mass is 9.92. The Morgan fingerprint density at radius 1 is 1.35 bits per heavy atom. The normalized spacial score (nSPS) is 12.7. The van der Waals surface area contributed by atoms with Gasteiger partial charge in [-0.1, -0.05) is 34.9 Å². The van der Waals surface area contributed by atoms with Crippen molar-refractivity contribution in [3.8, 4) is 11.4 Å². The number of carbonyl (C=O) groups is 1. The number of carbonyl (C=O) groups excluding carboxylic acids is 1. The van der Waals surface area contributed by atoms with Crippen LogP contribution < -0.4 is 0 Å². The van der Waals surface area contributed by atoms with Gasteiger partial charge in [0.2, 0.25) is 11.7 Å². The third-order valence-electron chi connectivity index (χ3n) is 2.93. The van der Waals surface area contributed by atoms with Crippen LogP contribution in [0.25, 0.3) is 11.4 Å². The van der Waals surface area contributed by atoms with E-state index in [9.17, 15) is 9.18 Å². The lowest BCUT2D eigenvalue weighted by molar-refractivity contribution is -0.119. The summed E-state index contributed by atoms with van der Waals surface area (Å²) in [4.78, 5) is 15.9. The van der Waals surface area contributed by atoms with E-state index < -0.39 is 11.7 Å². The van der Waals surface area contributed by atoms with Gasteiger partial charge in [0.05, 0.1) is 5.92 Å². The predicted octanol–water partition coefficient (Wildman–Crippen LogP) is 3.97. The molecule has 0 aliphatic rings. The number of aromatic nitrogens is 2. The first-order chi connectivity index (χ1) is 9.38. The number of halogens is 2. The van der Waals surface area contributed by atoms with Crippen molar-refractivity contribution in [1.29, 1.82) is 0 Å². The monoisotopic (exact) mass is 340 g/mol. The third kappa shape index (κ3) is 3.12. The lowest BCUT2D eigenvalue weighted by Gasteiger charge is -2.12. The molecule has 2 rings (SSSR count). The Morgan fingerprint density at radius 2 is 2.05 bits per heavy atom. The zero-order valence-corrected chi connectivity index (χ0v) is 12.9. The van der Waals surface area contributed by atoms with Crippen LogP contribution in [0.2, 0.25) is 0 Å². The van der Waals surface area contributed by atoms with Crippen LogP contribution in [-0.2, 0) is 4.79 Å². The van der Waals surface area contributed by atoms with Crippen LogP contribution in [0.1, 0.15) is 32.6 Å². The summed E-state index contributed by atoms with van der Waals surface area (Å²) in [5.74, 6) is -0.272. The summed E-state index contributed by atoms with van der Waals surface area (Å²) in [7, 11) is 0. The van der Waals surface area contributed by atoms with Gasteiger partial charge in [-0.25, -0.2) is 4.39 Å². The maximum absolute atomic E-state index is 13.4. The fourth-order valence-electron chi connectivity index (χ4n) is 2.09. The first-order valence-electron chi connectivity index (χ1n) is 6.19. The number of ketones is 1. The number of rotatable bonds is 4. The van der Waals surface area contributed by atoms with Gasteiger partial charge < -0.3 is 4.52 Å². The van der Waals surface area contributed by atoms with E-state index >= 15 is 0 Å². The van der Waals surface area contributed by atoms with Gasteiger partial charge in [0, 0.05) is 10.0 Å². The fraction of sp³-hybridized carbons (Fsp3) is 0.357. The minimum Gasteiger partial charge on any atom is -0.338 e. The van der Waals surface area contributed by atoms with Gasteiger partial charge in [-0.3, -0.25) is 4.79 Å². The number of benzene rings is 1. The van der Waals surface area contributed by atoms with Crippen LogP contribution in [0.15, 0.2) is 27.2 Å². The van der Waals surface area contributed by atoms with Crippen molar-refractivity contribution in [2.75, 3.05) is 0 Å². The van der Waals surface area contributed by atoms with Gasteiger partial charge in [0.1, 0.15) is 11.6 Å². The van der Waals surface area contributed by atoms with Gasteiger partial charge in [-0.15, -0.1) is 0 Å². The van der Waals surface area contributed by atoms with E-state index in [1.807, 2.05) is 13.8 Å². The van der Waals surface area contributed by atoms with E-state index in [1.165, 1.54) is 19.1 Å². The van der Waals surface area contributed by atoms with E-state index in [4.69, 9.17) is 4.52 Å². The molecule has 0 fully saturated rings. The Kier molecular flexibility index (Phi) is 4.32. The lowest BCUT2D eigenvalue weighted by Crippen LogP contribution is -2.15. The topological polar surface area (TPSA) is 56.0 Å². The zero-order valence-electron chi connectivity index (χ0n) is 11.4. The molecule has 20 heavy (non-hydrogen) atoms. The van der Waals surface area contributed by atoms with E-state index in [0.717, 1.165) is 0 Å². The molecule has 0 amide bonds. The van der Waals surface area contributed by atoms with Gasteiger partial charge in [-0.05, 0) is 31.0 Å². The minimum atomic E-state index is -0.437. The molecule has 0 N–H and O–H groups in total. The maximum atomic E-state index is 13.4. The van der Waals surface area contributed by atoms with E-state index in [0.29, 0.717) is 10.0 Å². The summed E-state index contributed by atoms with van der Waals surface area (Å²) < 4.78 is 19.1. The molecule has 1 aromatic heterocycles. The second-order valence-corrected chi connectivity index (χ2v) is 5.86. The summed E-state index contributed by atoms with van der Waals surface area (Å²) in [5.41, 5.74) is 0.498. The molecule has 0 bridgehead atoms. The molecule has 0 saturated heterocycles. The highest BCUT2D eigenvalue weighted by molar-refractivity contribution is 9.10. The Hall–Kier alpha value is -1.56. The molecule has 0 saturated carbocycles. The van der Waals surface area contributed by atoms with E-state index in [2.05, 4.69) is 26.1 Å². The van der Waals surface area contributed by atoms with Crippen LogP contribution in [0.4, 0.5) is 4.39 Å².